The number of hydrogen-bond acceptors (Lipinski definition) is 3. The smallest absolute Gasteiger partial charge is 0.0473 e. The summed E-state index contributed by atoms with van der Waals surface area (Å²) in [5.41, 5.74) is 1.29. The van der Waals surface area contributed by atoms with Crippen LogP contribution in [0.1, 0.15) is 20.3 Å². The van der Waals surface area contributed by atoms with E-state index in [1.54, 1.807) is 0 Å². The lowest BCUT2D eigenvalue weighted by molar-refractivity contribution is 0.241. The van der Waals surface area contributed by atoms with Crippen LogP contribution in [0.5, 0.6) is 0 Å². The third kappa shape index (κ3) is 2.87. The highest BCUT2D eigenvalue weighted by atomic mass is 79.9. The normalized spacial score (nSPS) is 23.1. The highest BCUT2D eigenvalue weighted by Crippen LogP contribution is 2.30. The summed E-state index contributed by atoms with van der Waals surface area (Å²) in [6, 6.07) is 8.77. The predicted octanol–water partition coefficient (Wildman–Crippen LogP) is 2.39. The molecule has 100 valence electrons. The van der Waals surface area contributed by atoms with E-state index >= 15 is 0 Å². The van der Waals surface area contributed by atoms with Crippen LogP contribution < -0.4 is 10.2 Å². The number of aliphatic hydroxyl groups excluding tert-OH is 1. The Balaban J connectivity index is 2.30. The summed E-state index contributed by atoms with van der Waals surface area (Å²) in [5.74, 6) is 0. The largest absolute Gasteiger partial charge is 0.396 e. The lowest BCUT2D eigenvalue weighted by atomic mass is 9.94. The Labute approximate surface area is 117 Å². The van der Waals surface area contributed by atoms with E-state index in [0.29, 0.717) is 6.04 Å². The summed E-state index contributed by atoms with van der Waals surface area (Å²) < 4.78 is 1.10. The Hall–Kier alpha value is -0.580. The van der Waals surface area contributed by atoms with Crippen molar-refractivity contribution in [2.24, 2.45) is 0 Å². The van der Waals surface area contributed by atoms with Gasteiger partial charge in [0.25, 0.3) is 0 Å². The molecule has 1 atom stereocenters. The minimum atomic E-state index is 0.0614. The molecule has 2 rings (SSSR count). The van der Waals surface area contributed by atoms with Crippen molar-refractivity contribution in [3.63, 3.8) is 0 Å². The number of benzene rings is 1. The molecule has 2 N–H and O–H groups in total. The molecule has 4 heteroatoms. The molecule has 1 aromatic carbocycles. The van der Waals surface area contributed by atoms with Crippen LogP contribution in [0.25, 0.3) is 0 Å². The van der Waals surface area contributed by atoms with Crippen LogP contribution in [-0.2, 0) is 0 Å². The minimum absolute atomic E-state index is 0.0614. The second-order valence-electron chi connectivity index (χ2n) is 5.46. The monoisotopic (exact) mass is 312 g/mol. The fraction of sp³-hybridized carbons (Fsp3) is 0.571. The number of hydrogen-bond donors (Lipinski definition) is 2. The molecule has 0 aromatic heterocycles. The minimum Gasteiger partial charge on any atom is -0.396 e. The van der Waals surface area contributed by atoms with Crippen LogP contribution >= 0.6 is 15.9 Å². The highest BCUT2D eigenvalue weighted by Gasteiger charge is 2.35. The summed E-state index contributed by atoms with van der Waals surface area (Å²) in [6.45, 7) is 6.61. The number of rotatable bonds is 3. The summed E-state index contributed by atoms with van der Waals surface area (Å²) >= 11 is 3.47. The van der Waals surface area contributed by atoms with Crippen molar-refractivity contribution < 1.29 is 5.11 Å². The summed E-state index contributed by atoms with van der Waals surface area (Å²) in [4.78, 5) is 2.44. The van der Waals surface area contributed by atoms with E-state index in [4.69, 9.17) is 0 Å². The van der Waals surface area contributed by atoms with Gasteiger partial charge in [-0.15, -0.1) is 0 Å². The van der Waals surface area contributed by atoms with Crippen LogP contribution in [0.3, 0.4) is 0 Å². The van der Waals surface area contributed by atoms with Crippen molar-refractivity contribution in [3.8, 4) is 0 Å². The molecule has 0 aliphatic carbocycles. The fourth-order valence-corrected chi connectivity index (χ4v) is 3.02. The second kappa shape index (κ2) is 5.59. The van der Waals surface area contributed by atoms with E-state index in [-0.39, 0.29) is 12.1 Å². The maximum Gasteiger partial charge on any atom is 0.0473 e. The molecule has 3 nitrogen and oxygen atoms in total. The number of piperazine rings is 1. The standard InChI is InChI=1S/C14H21BrN2O/c1-14(2)10-16-9-13(7-8-18)17(14)12-5-3-11(15)4-6-12/h3-6,13,16,18H,7-10H2,1-2H3. The van der Waals surface area contributed by atoms with E-state index < -0.39 is 0 Å². The highest BCUT2D eigenvalue weighted by molar-refractivity contribution is 9.10. The van der Waals surface area contributed by atoms with Gasteiger partial charge < -0.3 is 15.3 Å². The van der Waals surface area contributed by atoms with Gasteiger partial charge in [-0.3, -0.25) is 0 Å². The van der Waals surface area contributed by atoms with Crippen molar-refractivity contribution in [1.29, 1.82) is 0 Å². The summed E-state index contributed by atoms with van der Waals surface area (Å²) in [7, 11) is 0. The quantitative estimate of drug-likeness (QED) is 0.899. The Bertz CT molecular complexity index is 389. The summed E-state index contributed by atoms with van der Waals surface area (Å²) in [5, 5.41) is 12.7. The molecule has 0 amide bonds. The van der Waals surface area contributed by atoms with E-state index in [9.17, 15) is 5.11 Å². The molecule has 18 heavy (non-hydrogen) atoms. The lowest BCUT2D eigenvalue weighted by Gasteiger charge is -2.49. The van der Waals surface area contributed by atoms with Gasteiger partial charge in [0.05, 0.1) is 0 Å². The molecule has 0 saturated carbocycles. The van der Waals surface area contributed by atoms with Gasteiger partial charge in [-0.05, 0) is 44.5 Å². The van der Waals surface area contributed by atoms with Crippen molar-refractivity contribution in [2.45, 2.75) is 31.8 Å². The number of nitrogens with one attached hydrogen (secondary N) is 1. The average Bonchev–Trinajstić information content (AvgIpc) is 2.31. The fourth-order valence-electron chi connectivity index (χ4n) is 2.76. The average molecular weight is 313 g/mol. The molecule has 1 aliphatic rings. The Morgan fingerprint density at radius 2 is 2.06 bits per heavy atom. The molecule has 0 radical (unpaired) electrons. The maximum atomic E-state index is 9.24. The second-order valence-corrected chi connectivity index (χ2v) is 6.37. The van der Waals surface area contributed by atoms with Crippen LogP contribution in [-0.4, -0.2) is 36.4 Å². The first-order valence-corrected chi connectivity index (χ1v) is 7.20. The van der Waals surface area contributed by atoms with Gasteiger partial charge in [0.15, 0.2) is 0 Å². The number of halogens is 1. The molecule has 0 bridgehead atoms. The maximum absolute atomic E-state index is 9.24. The number of nitrogens with zero attached hydrogens (tertiary/aromatic N) is 1. The topological polar surface area (TPSA) is 35.5 Å². The van der Waals surface area contributed by atoms with Crippen molar-refractivity contribution in [2.75, 3.05) is 24.6 Å². The van der Waals surface area contributed by atoms with Gasteiger partial charge in [-0.1, -0.05) is 15.9 Å². The van der Waals surface area contributed by atoms with Gasteiger partial charge in [-0.25, -0.2) is 0 Å². The first-order valence-electron chi connectivity index (χ1n) is 6.41. The van der Waals surface area contributed by atoms with E-state index in [1.165, 1.54) is 5.69 Å². The van der Waals surface area contributed by atoms with Crippen LogP contribution in [0.4, 0.5) is 5.69 Å². The van der Waals surface area contributed by atoms with Crippen molar-refractivity contribution in [1.82, 2.24) is 5.32 Å². The Morgan fingerprint density at radius 3 is 2.67 bits per heavy atom. The predicted molar refractivity (Wildman–Crippen MR) is 79.1 cm³/mol. The zero-order valence-electron chi connectivity index (χ0n) is 11.0. The van der Waals surface area contributed by atoms with E-state index in [1.807, 2.05) is 0 Å². The molecule has 1 fully saturated rings. The van der Waals surface area contributed by atoms with Gasteiger partial charge in [0.1, 0.15) is 0 Å². The first kappa shape index (κ1) is 13.8. The SMILES string of the molecule is CC1(C)CNCC(CCO)N1c1ccc(Br)cc1. The lowest BCUT2D eigenvalue weighted by Crippen LogP contribution is -2.63. The van der Waals surface area contributed by atoms with Gasteiger partial charge >= 0.3 is 0 Å². The molecule has 1 saturated heterocycles. The van der Waals surface area contributed by atoms with E-state index in [2.05, 4.69) is 64.3 Å². The zero-order chi connectivity index (χ0) is 13.2. The Kier molecular flexibility index (Phi) is 4.30. The van der Waals surface area contributed by atoms with Gasteiger partial charge in [-0.2, -0.15) is 0 Å². The van der Waals surface area contributed by atoms with Crippen LogP contribution in [0, 0.1) is 0 Å². The van der Waals surface area contributed by atoms with Gasteiger partial charge in [0, 0.05) is 41.4 Å². The third-order valence-electron chi connectivity index (χ3n) is 3.52. The number of anilines is 1. The van der Waals surface area contributed by atoms with Crippen LogP contribution in [0.2, 0.25) is 0 Å². The molecule has 1 unspecified atom stereocenters. The molecule has 1 aromatic rings. The van der Waals surface area contributed by atoms with Crippen LogP contribution in [0.15, 0.2) is 28.7 Å². The first-order chi connectivity index (χ1) is 8.54. The molecule has 0 spiro atoms. The van der Waals surface area contributed by atoms with Crippen molar-refractivity contribution >= 4 is 21.6 Å². The van der Waals surface area contributed by atoms with Gasteiger partial charge in [0.2, 0.25) is 0 Å². The molecule has 1 aliphatic heterocycles. The van der Waals surface area contributed by atoms with E-state index in [0.717, 1.165) is 24.0 Å². The zero-order valence-corrected chi connectivity index (χ0v) is 12.6. The Morgan fingerprint density at radius 1 is 1.39 bits per heavy atom. The molecule has 1 heterocycles. The molecular formula is C14H21BrN2O. The third-order valence-corrected chi connectivity index (χ3v) is 4.05. The van der Waals surface area contributed by atoms with Crippen molar-refractivity contribution in [3.05, 3.63) is 28.7 Å². The summed E-state index contributed by atoms with van der Waals surface area (Å²) in [6.07, 6.45) is 0.798. The number of aliphatic hydroxyl groups is 1. The molecular weight excluding hydrogens is 292 g/mol.